The van der Waals surface area contributed by atoms with E-state index in [2.05, 4.69) is 21.9 Å². The SMILES string of the molecule is COc1cc2c(cc1OC)[C@]13CCN4CC5=CCO[C@@H]6CC(=O)N2[C@@H]1[C@@H]6[C@@H]5C[C@@H]43.Cl. The Morgan fingerprint density at radius 2 is 2.00 bits per heavy atom. The van der Waals surface area contributed by atoms with Gasteiger partial charge in [0.1, 0.15) is 0 Å². The van der Waals surface area contributed by atoms with Crippen LogP contribution in [0.2, 0.25) is 0 Å². The number of anilines is 1. The normalized spacial score (nSPS) is 39.7. The molecule has 7 rings (SSSR count). The summed E-state index contributed by atoms with van der Waals surface area (Å²) >= 11 is 0. The molecule has 2 bridgehead atoms. The highest BCUT2D eigenvalue weighted by atomic mass is 35.5. The number of hydrogen-bond acceptors (Lipinski definition) is 5. The van der Waals surface area contributed by atoms with E-state index in [1.54, 1.807) is 19.8 Å². The van der Waals surface area contributed by atoms with Crippen LogP contribution in [-0.4, -0.2) is 62.9 Å². The number of nitrogens with zero attached hydrogens (tertiary/aromatic N) is 2. The highest BCUT2D eigenvalue weighted by Crippen LogP contribution is 2.66. The highest BCUT2D eigenvalue weighted by Gasteiger charge is 2.71. The molecule has 0 N–H and O–H groups in total. The second kappa shape index (κ2) is 6.15. The Labute approximate surface area is 182 Å². The summed E-state index contributed by atoms with van der Waals surface area (Å²) in [5.74, 6) is 2.57. The van der Waals surface area contributed by atoms with E-state index in [0.717, 1.165) is 30.9 Å². The predicted octanol–water partition coefficient (Wildman–Crippen LogP) is 2.53. The molecule has 0 unspecified atom stereocenters. The number of rotatable bonds is 2. The number of hydrogen-bond donors (Lipinski definition) is 0. The van der Waals surface area contributed by atoms with Gasteiger partial charge in [-0.3, -0.25) is 9.69 Å². The van der Waals surface area contributed by atoms with Crippen LogP contribution in [0.4, 0.5) is 5.69 Å². The Kier molecular flexibility index (Phi) is 3.89. The van der Waals surface area contributed by atoms with Gasteiger partial charge >= 0.3 is 0 Å². The molecule has 1 aliphatic carbocycles. The van der Waals surface area contributed by atoms with Crippen molar-refractivity contribution in [1.29, 1.82) is 0 Å². The van der Waals surface area contributed by atoms with Gasteiger partial charge in [-0.25, -0.2) is 0 Å². The van der Waals surface area contributed by atoms with E-state index in [-0.39, 0.29) is 35.9 Å². The van der Waals surface area contributed by atoms with Gasteiger partial charge in [0.15, 0.2) is 11.5 Å². The van der Waals surface area contributed by atoms with Crippen LogP contribution in [-0.2, 0) is 14.9 Å². The van der Waals surface area contributed by atoms with Gasteiger partial charge in [0, 0.05) is 30.0 Å². The van der Waals surface area contributed by atoms with Gasteiger partial charge in [0.25, 0.3) is 0 Å². The molecule has 30 heavy (non-hydrogen) atoms. The molecule has 3 saturated heterocycles. The lowest BCUT2D eigenvalue weighted by Gasteiger charge is -2.58. The molecule has 0 radical (unpaired) electrons. The molecule has 6 atom stereocenters. The fourth-order valence-electron chi connectivity index (χ4n) is 7.87. The Balaban J connectivity index is 0.00000175. The van der Waals surface area contributed by atoms with Crippen LogP contribution in [0.15, 0.2) is 23.8 Å². The molecule has 1 amide bonds. The highest BCUT2D eigenvalue weighted by molar-refractivity contribution is 5.99. The van der Waals surface area contributed by atoms with Crippen molar-refractivity contribution in [2.75, 3.05) is 38.8 Å². The van der Waals surface area contributed by atoms with E-state index in [1.165, 1.54) is 12.0 Å². The van der Waals surface area contributed by atoms with Crippen molar-refractivity contribution in [3.05, 3.63) is 29.3 Å². The minimum atomic E-state index is -0.0242. The first-order chi connectivity index (χ1) is 14.2. The van der Waals surface area contributed by atoms with Crippen LogP contribution in [0.1, 0.15) is 24.8 Å². The average molecular weight is 431 g/mol. The van der Waals surface area contributed by atoms with Gasteiger partial charge in [0.2, 0.25) is 5.91 Å². The summed E-state index contributed by atoms with van der Waals surface area (Å²) in [4.78, 5) is 18.3. The number of carbonyl (C=O) groups is 1. The maximum atomic E-state index is 13.5. The summed E-state index contributed by atoms with van der Waals surface area (Å²) in [7, 11) is 3.36. The summed E-state index contributed by atoms with van der Waals surface area (Å²) in [5, 5.41) is 0. The van der Waals surface area contributed by atoms with Crippen molar-refractivity contribution in [2.45, 2.75) is 42.9 Å². The lowest BCUT2D eigenvalue weighted by Crippen LogP contribution is -2.69. The van der Waals surface area contributed by atoms with Crippen LogP contribution in [0, 0.1) is 11.8 Å². The summed E-state index contributed by atoms with van der Waals surface area (Å²) < 4.78 is 17.6. The molecule has 6 nitrogen and oxygen atoms in total. The van der Waals surface area contributed by atoms with E-state index in [1.807, 2.05) is 6.07 Å². The standard InChI is InChI=1S/C23H26N2O4.ClH/c1-27-16-8-14-15(9-17(16)28-2)25-20(26)10-18-21-13-7-19-23(14,22(21)25)4-5-24(19)11-12(13)3-6-29-18;/h3,8-9,13,18-19,21-22H,4-7,10-11H2,1-2H3;1H/t13-,18-,19-,21-,22-,23+;/m1./s1. The molecular weight excluding hydrogens is 404 g/mol. The number of amides is 1. The van der Waals surface area contributed by atoms with Gasteiger partial charge in [-0.05, 0) is 36.9 Å². The monoisotopic (exact) mass is 430 g/mol. The van der Waals surface area contributed by atoms with Crippen LogP contribution < -0.4 is 14.4 Å². The van der Waals surface area contributed by atoms with Crippen molar-refractivity contribution in [1.82, 2.24) is 4.90 Å². The van der Waals surface area contributed by atoms with Crippen LogP contribution in [0.25, 0.3) is 0 Å². The summed E-state index contributed by atoms with van der Waals surface area (Å²) in [6.07, 6.45) is 5.11. The Hall–Kier alpha value is -1.76. The number of benzene rings is 1. The van der Waals surface area contributed by atoms with Crippen LogP contribution in [0.5, 0.6) is 11.5 Å². The van der Waals surface area contributed by atoms with E-state index in [0.29, 0.717) is 36.7 Å². The number of fused-ring (bicyclic) bond motifs is 2. The summed E-state index contributed by atoms with van der Waals surface area (Å²) in [5.41, 5.74) is 3.85. The minimum absolute atomic E-state index is 0. The van der Waals surface area contributed by atoms with Crippen molar-refractivity contribution in [3.63, 3.8) is 0 Å². The first-order valence-electron chi connectivity index (χ1n) is 10.8. The maximum absolute atomic E-state index is 13.5. The molecule has 0 aromatic heterocycles. The van der Waals surface area contributed by atoms with Gasteiger partial charge in [-0.2, -0.15) is 0 Å². The largest absolute Gasteiger partial charge is 0.493 e. The summed E-state index contributed by atoms with van der Waals surface area (Å²) in [6, 6.07) is 4.87. The Bertz CT molecular complexity index is 980. The third kappa shape index (κ3) is 1.96. The fourth-order valence-corrected chi connectivity index (χ4v) is 7.87. The lowest BCUT2D eigenvalue weighted by molar-refractivity contribution is -0.132. The second-order valence-corrected chi connectivity index (χ2v) is 9.48. The third-order valence-corrected chi connectivity index (χ3v) is 8.81. The number of methoxy groups -OCH3 is 2. The molecule has 1 saturated carbocycles. The van der Waals surface area contributed by atoms with Crippen molar-refractivity contribution in [2.24, 2.45) is 11.8 Å². The first kappa shape index (κ1) is 19.0. The van der Waals surface area contributed by atoms with Gasteiger partial charge in [-0.15, -0.1) is 12.4 Å². The van der Waals surface area contributed by atoms with E-state index >= 15 is 0 Å². The number of ether oxygens (including phenoxy) is 3. The molecule has 160 valence electrons. The predicted molar refractivity (Wildman–Crippen MR) is 114 cm³/mol. The molecule has 6 aliphatic rings. The van der Waals surface area contributed by atoms with Gasteiger partial charge in [0.05, 0.1) is 45.1 Å². The zero-order valence-electron chi connectivity index (χ0n) is 17.3. The quantitative estimate of drug-likeness (QED) is 0.675. The van der Waals surface area contributed by atoms with E-state index < -0.39 is 0 Å². The molecule has 5 aliphatic heterocycles. The Morgan fingerprint density at radius 3 is 2.80 bits per heavy atom. The zero-order chi connectivity index (χ0) is 19.5. The zero-order valence-corrected chi connectivity index (χ0v) is 18.1. The maximum Gasteiger partial charge on any atom is 0.229 e. The van der Waals surface area contributed by atoms with Crippen LogP contribution in [0.3, 0.4) is 0 Å². The Morgan fingerprint density at radius 1 is 1.20 bits per heavy atom. The van der Waals surface area contributed by atoms with Crippen molar-refractivity contribution < 1.29 is 19.0 Å². The van der Waals surface area contributed by atoms with E-state index in [9.17, 15) is 4.79 Å². The molecule has 1 spiro atoms. The molecular formula is C23H27ClN2O4. The fraction of sp³-hybridized carbons (Fsp3) is 0.609. The second-order valence-electron chi connectivity index (χ2n) is 9.48. The average Bonchev–Trinajstić information content (AvgIpc) is 3.20. The summed E-state index contributed by atoms with van der Waals surface area (Å²) in [6.45, 7) is 2.80. The smallest absolute Gasteiger partial charge is 0.229 e. The van der Waals surface area contributed by atoms with Crippen molar-refractivity contribution in [3.8, 4) is 11.5 Å². The van der Waals surface area contributed by atoms with Gasteiger partial charge < -0.3 is 19.1 Å². The lowest BCUT2D eigenvalue weighted by atomic mass is 9.53. The molecule has 4 fully saturated rings. The van der Waals surface area contributed by atoms with E-state index in [4.69, 9.17) is 14.2 Å². The van der Waals surface area contributed by atoms with Crippen LogP contribution >= 0.6 is 12.4 Å². The first-order valence-corrected chi connectivity index (χ1v) is 10.8. The number of carbonyl (C=O) groups excluding carboxylic acids is 1. The topological polar surface area (TPSA) is 51.2 Å². The molecule has 1 aromatic rings. The van der Waals surface area contributed by atoms with Gasteiger partial charge in [-0.1, -0.05) is 11.6 Å². The molecule has 5 heterocycles. The molecule has 1 aromatic carbocycles. The number of halogens is 1. The van der Waals surface area contributed by atoms with Crippen molar-refractivity contribution >= 4 is 24.0 Å². The number of piperidine rings is 2. The minimum Gasteiger partial charge on any atom is -0.493 e. The third-order valence-electron chi connectivity index (χ3n) is 8.81. The molecule has 7 heteroatoms.